The molecule has 0 fully saturated rings. The zero-order valence-electron chi connectivity index (χ0n) is 15.4. The summed E-state index contributed by atoms with van der Waals surface area (Å²) in [6.07, 6.45) is 0.359. The summed E-state index contributed by atoms with van der Waals surface area (Å²) in [5, 5.41) is 10.4. The number of anilines is 2. The average molecular weight is 385 g/mol. The number of aryl methyl sites for hydroxylation is 1. The molecule has 6 nitrogen and oxygen atoms in total. The van der Waals surface area contributed by atoms with E-state index in [4.69, 9.17) is 11.6 Å². The number of hydrogen-bond acceptors (Lipinski definition) is 3. The summed E-state index contributed by atoms with van der Waals surface area (Å²) in [4.78, 5) is 23.9. The van der Waals surface area contributed by atoms with Crippen LogP contribution in [0, 0.1) is 12.3 Å². The molecule has 27 heavy (non-hydrogen) atoms. The zero-order chi connectivity index (χ0) is 19.6. The first-order valence-corrected chi connectivity index (χ1v) is 8.94. The van der Waals surface area contributed by atoms with Gasteiger partial charge in [-0.2, -0.15) is 5.10 Å². The van der Waals surface area contributed by atoms with Crippen molar-refractivity contribution in [2.75, 3.05) is 10.6 Å². The molecule has 7 heteroatoms. The highest BCUT2D eigenvalue weighted by molar-refractivity contribution is 6.31. The fourth-order valence-corrected chi connectivity index (χ4v) is 3.14. The normalized spacial score (nSPS) is 15.6. The van der Waals surface area contributed by atoms with Gasteiger partial charge in [0.2, 0.25) is 5.91 Å². The van der Waals surface area contributed by atoms with Gasteiger partial charge >= 0.3 is 6.03 Å². The molecule has 0 unspecified atom stereocenters. The predicted octanol–water partition coefficient (Wildman–Crippen LogP) is 4.54. The lowest BCUT2D eigenvalue weighted by atomic mass is 9.79. The molecule has 3 rings (SSSR count). The predicted molar refractivity (Wildman–Crippen MR) is 108 cm³/mol. The van der Waals surface area contributed by atoms with Crippen LogP contribution in [-0.4, -0.2) is 17.6 Å². The van der Waals surface area contributed by atoms with Crippen LogP contribution >= 0.6 is 11.6 Å². The highest BCUT2D eigenvalue weighted by Gasteiger charge is 2.33. The third-order valence-corrected chi connectivity index (χ3v) is 4.77. The Bertz CT molecular complexity index is 937. The lowest BCUT2D eigenvalue weighted by Crippen LogP contribution is -2.39. The third kappa shape index (κ3) is 4.46. The summed E-state index contributed by atoms with van der Waals surface area (Å²) in [7, 11) is 0. The topological polar surface area (TPSA) is 82.6 Å². The summed E-state index contributed by atoms with van der Waals surface area (Å²) >= 11 is 6.09. The maximum Gasteiger partial charge on any atom is 0.323 e. The first-order chi connectivity index (χ1) is 12.7. The van der Waals surface area contributed by atoms with Gasteiger partial charge in [-0.25, -0.2) is 10.2 Å². The minimum Gasteiger partial charge on any atom is -0.308 e. The smallest absolute Gasteiger partial charge is 0.308 e. The molecule has 3 N–H and O–H groups in total. The van der Waals surface area contributed by atoms with Crippen LogP contribution in [-0.2, 0) is 4.79 Å². The second-order valence-corrected chi connectivity index (χ2v) is 7.59. The van der Waals surface area contributed by atoms with Gasteiger partial charge in [-0.3, -0.25) is 4.79 Å². The van der Waals surface area contributed by atoms with Crippen molar-refractivity contribution in [2.45, 2.75) is 27.2 Å². The van der Waals surface area contributed by atoms with Crippen molar-refractivity contribution in [3.05, 3.63) is 58.6 Å². The van der Waals surface area contributed by atoms with Crippen LogP contribution < -0.4 is 16.1 Å². The number of nitrogens with zero attached hydrogens (tertiary/aromatic N) is 1. The van der Waals surface area contributed by atoms with Crippen LogP contribution in [0.15, 0.2) is 47.6 Å². The van der Waals surface area contributed by atoms with E-state index >= 15 is 0 Å². The lowest BCUT2D eigenvalue weighted by molar-refractivity contribution is -0.122. The number of rotatable bonds is 3. The number of carbonyl (C=O) groups excluding carboxylic acids is 2. The molecule has 0 saturated heterocycles. The fraction of sp³-hybridized carbons (Fsp3) is 0.250. The van der Waals surface area contributed by atoms with Gasteiger partial charge in [0.25, 0.3) is 0 Å². The van der Waals surface area contributed by atoms with Crippen molar-refractivity contribution < 1.29 is 9.59 Å². The van der Waals surface area contributed by atoms with E-state index in [-0.39, 0.29) is 17.4 Å². The molecule has 0 atom stereocenters. The van der Waals surface area contributed by atoms with Crippen molar-refractivity contribution in [2.24, 2.45) is 10.5 Å². The first kappa shape index (κ1) is 18.9. The van der Waals surface area contributed by atoms with E-state index in [1.54, 1.807) is 18.2 Å². The molecule has 0 spiro atoms. The minimum absolute atomic E-state index is 0.103. The van der Waals surface area contributed by atoms with Crippen molar-refractivity contribution in [3.63, 3.8) is 0 Å². The number of hydrogen-bond donors (Lipinski definition) is 3. The molecule has 1 heterocycles. The quantitative estimate of drug-likeness (QED) is 0.725. The highest BCUT2D eigenvalue weighted by Crippen LogP contribution is 2.30. The van der Waals surface area contributed by atoms with E-state index in [2.05, 4.69) is 21.2 Å². The molecular formula is C20H21ClN4O2. The van der Waals surface area contributed by atoms with Gasteiger partial charge in [0.15, 0.2) is 0 Å². The zero-order valence-corrected chi connectivity index (χ0v) is 16.1. The first-order valence-electron chi connectivity index (χ1n) is 8.56. The minimum atomic E-state index is -0.387. The van der Waals surface area contributed by atoms with Crippen LogP contribution in [0.2, 0.25) is 5.02 Å². The van der Waals surface area contributed by atoms with E-state index in [0.29, 0.717) is 22.8 Å². The van der Waals surface area contributed by atoms with E-state index in [9.17, 15) is 9.59 Å². The van der Waals surface area contributed by atoms with Crippen LogP contribution in [0.1, 0.15) is 31.4 Å². The number of benzene rings is 2. The second kappa shape index (κ2) is 7.40. The van der Waals surface area contributed by atoms with Gasteiger partial charge in [-0.15, -0.1) is 0 Å². The number of hydrazone groups is 1. The standard InChI is InChI=1S/C20H21ClN4O2/c1-12-7-8-15(10-16(12)21)23-19(27)22-14-6-4-5-13(9-14)18-20(2,3)11-17(26)24-25-18/h4-10H,11H2,1-3H3,(H,24,26)(H2,22,23,27). The van der Waals surface area contributed by atoms with E-state index < -0.39 is 0 Å². The second-order valence-electron chi connectivity index (χ2n) is 7.18. The van der Waals surface area contributed by atoms with E-state index in [1.165, 1.54) is 0 Å². The largest absolute Gasteiger partial charge is 0.323 e. The number of carbonyl (C=O) groups is 2. The number of urea groups is 1. The van der Waals surface area contributed by atoms with Crippen LogP contribution in [0.3, 0.4) is 0 Å². The highest BCUT2D eigenvalue weighted by atomic mass is 35.5. The molecule has 1 aliphatic heterocycles. The molecule has 0 aromatic heterocycles. The summed E-state index contributed by atoms with van der Waals surface area (Å²) < 4.78 is 0. The monoisotopic (exact) mass is 384 g/mol. The van der Waals surface area contributed by atoms with Crippen molar-refractivity contribution in [1.82, 2.24) is 5.43 Å². The van der Waals surface area contributed by atoms with Crippen LogP contribution in [0.4, 0.5) is 16.2 Å². The molecule has 0 radical (unpaired) electrons. The average Bonchev–Trinajstić information content (AvgIpc) is 2.57. The van der Waals surface area contributed by atoms with Gasteiger partial charge in [-0.1, -0.05) is 43.6 Å². The Labute approximate surface area is 163 Å². The molecule has 2 aromatic rings. The van der Waals surface area contributed by atoms with Gasteiger partial charge in [0.1, 0.15) is 0 Å². The van der Waals surface area contributed by atoms with Gasteiger partial charge < -0.3 is 10.6 Å². The summed E-state index contributed by atoms with van der Waals surface area (Å²) in [5.41, 5.74) is 5.93. The summed E-state index contributed by atoms with van der Waals surface area (Å²) in [6, 6.07) is 12.3. The molecule has 0 saturated carbocycles. The van der Waals surface area contributed by atoms with E-state index in [0.717, 1.165) is 16.8 Å². The molecule has 0 bridgehead atoms. The third-order valence-electron chi connectivity index (χ3n) is 4.36. The van der Waals surface area contributed by atoms with Crippen molar-refractivity contribution in [3.8, 4) is 0 Å². The number of halogens is 1. The fourth-order valence-electron chi connectivity index (χ4n) is 2.96. The molecule has 1 aliphatic rings. The van der Waals surface area contributed by atoms with Crippen LogP contribution in [0.25, 0.3) is 0 Å². The summed E-state index contributed by atoms with van der Waals surface area (Å²) in [6.45, 7) is 5.84. The van der Waals surface area contributed by atoms with Crippen molar-refractivity contribution in [1.29, 1.82) is 0 Å². The lowest BCUT2D eigenvalue weighted by Gasteiger charge is -2.29. The Kier molecular flexibility index (Phi) is 5.19. The Morgan fingerprint density at radius 1 is 1.15 bits per heavy atom. The van der Waals surface area contributed by atoms with Gasteiger partial charge in [-0.05, 0) is 36.8 Å². The molecule has 3 amide bonds. The molecule has 140 valence electrons. The Morgan fingerprint density at radius 2 is 1.85 bits per heavy atom. The number of nitrogens with one attached hydrogen (secondary N) is 3. The maximum atomic E-state index is 12.3. The Morgan fingerprint density at radius 3 is 2.52 bits per heavy atom. The molecule has 0 aliphatic carbocycles. The Balaban J connectivity index is 1.75. The van der Waals surface area contributed by atoms with Gasteiger partial charge in [0.05, 0.1) is 5.71 Å². The maximum absolute atomic E-state index is 12.3. The van der Waals surface area contributed by atoms with Crippen molar-refractivity contribution >= 4 is 40.6 Å². The van der Waals surface area contributed by atoms with Crippen LogP contribution in [0.5, 0.6) is 0 Å². The Hall–Kier alpha value is -2.86. The van der Waals surface area contributed by atoms with Gasteiger partial charge in [0, 0.05) is 33.8 Å². The summed E-state index contributed by atoms with van der Waals surface area (Å²) in [5.74, 6) is -0.103. The molecule has 2 aromatic carbocycles. The van der Waals surface area contributed by atoms with E-state index in [1.807, 2.05) is 45.0 Å². The molecular weight excluding hydrogens is 364 g/mol. The SMILES string of the molecule is Cc1ccc(NC(=O)Nc2cccc(C3=NNC(=O)CC3(C)C)c2)cc1Cl. The number of amides is 3.